The van der Waals surface area contributed by atoms with Crippen molar-refractivity contribution in [2.75, 3.05) is 0 Å². The van der Waals surface area contributed by atoms with Gasteiger partial charge in [0, 0.05) is 23.7 Å². The molecule has 0 spiro atoms. The lowest BCUT2D eigenvalue weighted by molar-refractivity contribution is 0.563. The van der Waals surface area contributed by atoms with E-state index in [1.807, 2.05) is 16.9 Å². The molecule has 0 saturated carbocycles. The summed E-state index contributed by atoms with van der Waals surface area (Å²) in [6.07, 6.45) is 6.31. The van der Waals surface area contributed by atoms with Gasteiger partial charge in [-0.1, -0.05) is 6.92 Å². The minimum absolute atomic E-state index is 0.126. The van der Waals surface area contributed by atoms with Crippen molar-refractivity contribution in [2.45, 2.75) is 45.2 Å². The fourth-order valence-corrected chi connectivity index (χ4v) is 3.67. The van der Waals surface area contributed by atoms with Crippen LogP contribution in [-0.4, -0.2) is 14.8 Å². The van der Waals surface area contributed by atoms with Crippen molar-refractivity contribution in [3.8, 4) is 10.7 Å². The van der Waals surface area contributed by atoms with Crippen LogP contribution in [0.15, 0.2) is 12.3 Å². The number of rotatable bonds is 3. The molecule has 0 amide bonds. The van der Waals surface area contributed by atoms with E-state index < -0.39 is 0 Å². The molecular formula is C13H18N4S. The Kier molecular flexibility index (Phi) is 3.18. The maximum absolute atomic E-state index is 6.13. The molecule has 0 aromatic carbocycles. The van der Waals surface area contributed by atoms with Crippen molar-refractivity contribution in [3.05, 3.63) is 22.8 Å². The third kappa shape index (κ3) is 1.97. The van der Waals surface area contributed by atoms with E-state index in [9.17, 15) is 0 Å². The molecule has 1 atom stereocenters. The predicted molar refractivity (Wildman–Crippen MR) is 73.5 cm³/mol. The summed E-state index contributed by atoms with van der Waals surface area (Å²) in [4.78, 5) is 6.12. The highest BCUT2D eigenvalue weighted by Gasteiger charge is 2.23. The van der Waals surface area contributed by atoms with Crippen molar-refractivity contribution in [1.82, 2.24) is 14.8 Å². The van der Waals surface area contributed by atoms with Crippen molar-refractivity contribution in [2.24, 2.45) is 5.73 Å². The van der Waals surface area contributed by atoms with Crippen molar-refractivity contribution < 1.29 is 0 Å². The Morgan fingerprint density at radius 2 is 2.44 bits per heavy atom. The van der Waals surface area contributed by atoms with Crippen LogP contribution in [-0.2, 0) is 13.0 Å². The van der Waals surface area contributed by atoms with Gasteiger partial charge in [-0.2, -0.15) is 5.10 Å². The van der Waals surface area contributed by atoms with Crippen molar-refractivity contribution in [1.29, 1.82) is 0 Å². The zero-order valence-corrected chi connectivity index (χ0v) is 11.4. The lowest BCUT2D eigenvalue weighted by Crippen LogP contribution is -2.16. The van der Waals surface area contributed by atoms with E-state index in [0.717, 1.165) is 42.2 Å². The number of aryl methyl sites for hydroxylation is 2. The van der Waals surface area contributed by atoms with E-state index in [2.05, 4.69) is 12.0 Å². The van der Waals surface area contributed by atoms with E-state index in [1.165, 1.54) is 11.3 Å². The molecule has 0 aliphatic heterocycles. The molecule has 0 bridgehead atoms. The Morgan fingerprint density at radius 1 is 1.56 bits per heavy atom. The first-order valence-electron chi connectivity index (χ1n) is 6.57. The molecule has 2 aromatic rings. The first-order chi connectivity index (χ1) is 8.79. The minimum Gasteiger partial charge on any atom is -0.323 e. The zero-order chi connectivity index (χ0) is 12.5. The normalized spacial score (nSPS) is 18.9. The highest BCUT2D eigenvalue weighted by atomic mass is 32.1. The molecule has 4 nitrogen and oxygen atoms in total. The van der Waals surface area contributed by atoms with E-state index >= 15 is 0 Å². The van der Waals surface area contributed by atoms with Crippen LogP contribution in [0.2, 0.25) is 0 Å². The minimum atomic E-state index is 0.126. The number of fused-ring (bicyclic) bond motifs is 1. The standard InChI is InChI=1S/C13H18N4S/c1-2-8-17-10(6-7-15-17)13-16-12-9(14)4-3-5-11(12)18-13/h6-7,9H,2-5,8,14H2,1H3. The van der Waals surface area contributed by atoms with Gasteiger partial charge in [0.1, 0.15) is 5.01 Å². The number of hydrogen-bond donors (Lipinski definition) is 1. The van der Waals surface area contributed by atoms with Crippen LogP contribution in [0.1, 0.15) is 42.8 Å². The van der Waals surface area contributed by atoms with Crippen LogP contribution in [0.5, 0.6) is 0 Å². The van der Waals surface area contributed by atoms with Gasteiger partial charge in [-0.15, -0.1) is 11.3 Å². The first kappa shape index (κ1) is 11.9. The maximum Gasteiger partial charge on any atom is 0.142 e. The second kappa shape index (κ2) is 4.82. The molecule has 5 heteroatoms. The van der Waals surface area contributed by atoms with Gasteiger partial charge in [-0.3, -0.25) is 4.68 Å². The highest BCUT2D eigenvalue weighted by Crippen LogP contribution is 2.35. The zero-order valence-electron chi connectivity index (χ0n) is 10.6. The second-order valence-electron chi connectivity index (χ2n) is 4.77. The maximum atomic E-state index is 6.13. The summed E-state index contributed by atoms with van der Waals surface area (Å²) in [6.45, 7) is 3.10. The fraction of sp³-hybridized carbons (Fsp3) is 0.538. The smallest absolute Gasteiger partial charge is 0.142 e. The Bertz CT molecular complexity index is 543. The number of nitrogens with two attached hydrogens (primary N) is 1. The molecule has 3 rings (SSSR count). The summed E-state index contributed by atoms with van der Waals surface area (Å²) >= 11 is 1.78. The third-order valence-corrected chi connectivity index (χ3v) is 4.52. The molecule has 1 aliphatic carbocycles. The van der Waals surface area contributed by atoms with Crippen LogP contribution in [0, 0.1) is 0 Å². The molecule has 0 radical (unpaired) electrons. The number of aromatic nitrogens is 3. The monoisotopic (exact) mass is 262 g/mol. The van der Waals surface area contributed by atoms with E-state index in [4.69, 9.17) is 10.7 Å². The lowest BCUT2D eigenvalue weighted by Gasteiger charge is -2.15. The van der Waals surface area contributed by atoms with Gasteiger partial charge in [-0.25, -0.2) is 4.98 Å². The molecule has 2 aromatic heterocycles. The van der Waals surface area contributed by atoms with Gasteiger partial charge in [0.15, 0.2) is 0 Å². The van der Waals surface area contributed by atoms with Gasteiger partial charge < -0.3 is 5.73 Å². The highest BCUT2D eigenvalue weighted by molar-refractivity contribution is 7.15. The van der Waals surface area contributed by atoms with Gasteiger partial charge in [0.05, 0.1) is 11.4 Å². The molecular weight excluding hydrogens is 244 g/mol. The van der Waals surface area contributed by atoms with Gasteiger partial charge >= 0.3 is 0 Å². The quantitative estimate of drug-likeness (QED) is 0.925. The van der Waals surface area contributed by atoms with E-state index in [-0.39, 0.29) is 6.04 Å². The summed E-state index contributed by atoms with van der Waals surface area (Å²) in [6, 6.07) is 2.17. The third-order valence-electron chi connectivity index (χ3n) is 3.37. The summed E-state index contributed by atoms with van der Waals surface area (Å²) in [5, 5.41) is 5.43. The van der Waals surface area contributed by atoms with Crippen LogP contribution >= 0.6 is 11.3 Å². The van der Waals surface area contributed by atoms with Crippen molar-refractivity contribution >= 4 is 11.3 Å². The lowest BCUT2D eigenvalue weighted by atomic mass is 9.99. The Morgan fingerprint density at radius 3 is 3.22 bits per heavy atom. The Hall–Kier alpha value is -1.20. The summed E-state index contributed by atoms with van der Waals surface area (Å²) in [5.74, 6) is 0. The SMILES string of the molecule is CCCn1nccc1-c1nc2c(s1)CCCC2N. The molecule has 2 N–H and O–H groups in total. The number of thiazole rings is 1. The molecule has 2 heterocycles. The summed E-state index contributed by atoms with van der Waals surface area (Å²) < 4.78 is 2.04. The first-order valence-corrected chi connectivity index (χ1v) is 7.38. The molecule has 1 unspecified atom stereocenters. The van der Waals surface area contributed by atoms with Crippen LogP contribution in [0.25, 0.3) is 10.7 Å². The van der Waals surface area contributed by atoms with Crippen LogP contribution < -0.4 is 5.73 Å². The average molecular weight is 262 g/mol. The summed E-state index contributed by atoms with van der Waals surface area (Å²) in [5.41, 5.74) is 8.38. The molecule has 1 aliphatic rings. The molecule has 0 saturated heterocycles. The van der Waals surface area contributed by atoms with Crippen molar-refractivity contribution in [3.63, 3.8) is 0 Å². The van der Waals surface area contributed by atoms with Gasteiger partial charge in [0.25, 0.3) is 0 Å². The van der Waals surface area contributed by atoms with Gasteiger partial charge in [0.2, 0.25) is 0 Å². The second-order valence-corrected chi connectivity index (χ2v) is 5.85. The molecule has 18 heavy (non-hydrogen) atoms. The van der Waals surface area contributed by atoms with Crippen LogP contribution in [0.4, 0.5) is 0 Å². The van der Waals surface area contributed by atoms with Gasteiger partial charge in [-0.05, 0) is 31.7 Å². The Balaban J connectivity index is 1.99. The topological polar surface area (TPSA) is 56.7 Å². The van der Waals surface area contributed by atoms with E-state index in [0.29, 0.717) is 0 Å². The number of nitrogens with zero attached hydrogens (tertiary/aromatic N) is 3. The largest absolute Gasteiger partial charge is 0.323 e. The predicted octanol–water partition coefficient (Wildman–Crippen LogP) is 2.75. The fourth-order valence-electron chi connectivity index (χ4n) is 2.47. The number of hydrogen-bond acceptors (Lipinski definition) is 4. The summed E-state index contributed by atoms with van der Waals surface area (Å²) in [7, 11) is 0. The average Bonchev–Trinajstić information content (AvgIpc) is 2.95. The Labute approximate surface area is 111 Å². The van der Waals surface area contributed by atoms with Crippen LogP contribution in [0.3, 0.4) is 0 Å². The molecule has 0 fully saturated rings. The molecule has 96 valence electrons. The van der Waals surface area contributed by atoms with E-state index in [1.54, 1.807) is 11.3 Å².